The van der Waals surface area contributed by atoms with Gasteiger partial charge in [0.25, 0.3) is 5.56 Å². The summed E-state index contributed by atoms with van der Waals surface area (Å²) < 4.78 is 7.08. The second-order valence-corrected chi connectivity index (χ2v) is 11.3. The van der Waals surface area contributed by atoms with Crippen molar-refractivity contribution in [1.82, 2.24) is 19.4 Å². The third-order valence-corrected chi connectivity index (χ3v) is 7.52. The molecule has 0 bridgehead atoms. The van der Waals surface area contributed by atoms with E-state index >= 15 is 0 Å². The molecule has 0 spiro atoms. The Morgan fingerprint density at radius 3 is 2.64 bits per heavy atom. The molecule has 9 nitrogen and oxygen atoms in total. The number of aryl methyl sites for hydroxylation is 1. The first-order chi connectivity index (χ1) is 17.2. The summed E-state index contributed by atoms with van der Waals surface area (Å²) in [5, 5.41) is 0.664. The Hall–Kier alpha value is -3.27. The van der Waals surface area contributed by atoms with Crippen LogP contribution in [0.5, 0.6) is 0 Å². The summed E-state index contributed by atoms with van der Waals surface area (Å²) in [4.78, 5) is 52.4. The number of Topliss-reactive ketones (excluding diaryl/α,β-unsaturated/α-hetero) is 1. The zero-order valence-corrected chi connectivity index (χ0v) is 21.7. The molecule has 1 amide bonds. The first-order valence-corrected chi connectivity index (χ1v) is 13.2. The van der Waals surface area contributed by atoms with Gasteiger partial charge in [0.2, 0.25) is 0 Å². The van der Waals surface area contributed by atoms with Gasteiger partial charge in [-0.25, -0.2) is 14.8 Å². The highest BCUT2D eigenvalue weighted by atomic mass is 32.1. The number of ketones is 1. The van der Waals surface area contributed by atoms with Gasteiger partial charge in [-0.1, -0.05) is 41.7 Å². The van der Waals surface area contributed by atoms with E-state index in [4.69, 9.17) is 9.72 Å². The molecule has 1 fully saturated rings. The molecule has 2 aromatic heterocycles. The second kappa shape index (κ2) is 9.65. The van der Waals surface area contributed by atoms with Crippen molar-refractivity contribution >= 4 is 38.7 Å². The Kier molecular flexibility index (Phi) is 6.55. The number of nitrogens with zero attached hydrogens (tertiary/aromatic N) is 5. The summed E-state index contributed by atoms with van der Waals surface area (Å²) >= 11 is 1.34. The molecule has 3 aromatic rings. The lowest BCUT2D eigenvalue weighted by Crippen LogP contribution is -2.44. The molecule has 190 valence electrons. The molecule has 0 saturated carbocycles. The van der Waals surface area contributed by atoms with E-state index in [2.05, 4.69) is 4.98 Å². The molecule has 36 heavy (non-hydrogen) atoms. The molecule has 0 N–H and O–H groups in total. The quantitative estimate of drug-likeness (QED) is 0.516. The van der Waals surface area contributed by atoms with Gasteiger partial charge in [-0.3, -0.25) is 19.1 Å². The maximum absolute atomic E-state index is 13.2. The molecule has 0 radical (unpaired) electrons. The molecule has 1 atom stereocenters. The minimum absolute atomic E-state index is 0.201. The first kappa shape index (κ1) is 24.4. The van der Waals surface area contributed by atoms with Crippen molar-refractivity contribution in [1.29, 1.82) is 0 Å². The van der Waals surface area contributed by atoms with E-state index in [-0.39, 0.29) is 23.9 Å². The van der Waals surface area contributed by atoms with Crippen LogP contribution in [-0.4, -0.2) is 56.0 Å². The number of ether oxygens (including phenoxy) is 1. The van der Waals surface area contributed by atoms with E-state index in [1.54, 1.807) is 9.47 Å². The zero-order chi connectivity index (χ0) is 25.4. The van der Waals surface area contributed by atoms with Crippen molar-refractivity contribution in [2.75, 3.05) is 18.0 Å². The predicted molar refractivity (Wildman–Crippen MR) is 138 cm³/mol. The number of benzene rings is 1. The SMILES string of the molecule is CC(C)(C)OC(=O)N1CCn2c(nc3sc(N4CCC[C@@H]4C(=O)CCc4ccccc4)nc3c2=O)C1. The largest absolute Gasteiger partial charge is 0.444 e. The summed E-state index contributed by atoms with van der Waals surface area (Å²) in [6.07, 6.45) is 2.48. The average molecular weight is 510 g/mol. The van der Waals surface area contributed by atoms with E-state index in [1.807, 2.05) is 56.0 Å². The average Bonchev–Trinajstić information content (AvgIpc) is 3.49. The number of anilines is 1. The lowest BCUT2D eigenvalue weighted by Gasteiger charge is -2.31. The Bertz CT molecular complexity index is 1340. The van der Waals surface area contributed by atoms with Crippen molar-refractivity contribution < 1.29 is 14.3 Å². The number of thiazole rings is 1. The maximum Gasteiger partial charge on any atom is 0.410 e. The van der Waals surface area contributed by atoms with Gasteiger partial charge in [0, 0.05) is 26.1 Å². The molecule has 0 unspecified atom stereocenters. The Morgan fingerprint density at radius 2 is 1.89 bits per heavy atom. The minimum atomic E-state index is -0.594. The molecule has 10 heteroatoms. The Morgan fingerprint density at radius 1 is 1.11 bits per heavy atom. The van der Waals surface area contributed by atoms with Gasteiger partial charge < -0.3 is 9.64 Å². The van der Waals surface area contributed by atoms with Crippen molar-refractivity contribution in [2.45, 2.75) is 71.2 Å². The third kappa shape index (κ3) is 5.00. The van der Waals surface area contributed by atoms with Gasteiger partial charge >= 0.3 is 6.09 Å². The van der Waals surface area contributed by atoms with E-state index < -0.39 is 11.7 Å². The van der Waals surface area contributed by atoms with Gasteiger partial charge in [0.1, 0.15) is 11.4 Å². The number of rotatable bonds is 5. The van der Waals surface area contributed by atoms with Crippen LogP contribution in [0.2, 0.25) is 0 Å². The second-order valence-electron chi connectivity index (χ2n) is 10.3. The number of carbonyl (C=O) groups is 2. The van der Waals surface area contributed by atoms with Crippen molar-refractivity contribution in [3.8, 4) is 0 Å². The number of amides is 1. The molecular formula is C26H31N5O4S. The summed E-state index contributed by atoms with van der Waals surface area (Å²) in [5.74, 6) is 0.726. The monoisotopic (exact) mass is 509 g/mol. The number of hydrogen-bond acceptors (Lipinski definition) is 8. The van der Waals surface area contributed by atoms with Gasteiger partial charge in [-0.15, -0.1) is 0 Å². The van der Waals surface area contributed by atoms with E-state index in [9.17, 15) is 14.4 Å². The third-order valence-electron chi connectivity index (χ3n) is 6.54. The van der Waals surface area contributed by atoms with E-state index in [0.29, 0.717) is 47.2 Å². The fourth-order valence-corrected chi connectivity index (χ4v) is 5.80. The van der Waals surface area contributed by atoms with Crippen LogP contribution in [0.3, 0.4) is 0 Å². The van der Waals surface area contributed by atoms with Crippen molar-refractivity contribution in [3.63, 3.8) is 0 Å². The topological polar surface area (TPSA) is 97.6 Å². The van der Waals surface area contributed by atoms with E-state index in [0.717, 1.165) is 24.9 Å². The molecule has 2 aliphatic heterocycles. The van der Waals surface area contributed by atoms with E-state index in [1.165, 1.54) is 11.3 Å². The summed E-state index contributed by atoms with van der Waals surface area (Å²) in [5.41, 5.74) is 0.682. The van der Waals surface area contributed by atoms with Crippen LogP contribution in [0.1, 0.15) is 51.4 Å². The molecule has 4 heterocycles. The highest BCUT2D eigenvalue weighted by Crippen LogP contribution is 2.33. The first-order valence-electron chi connectivity index (χ1n) is 12.4. The number of fused-ring (bicyclic) bond motifs is 2. The van der Waals surface area contributed by atoms with Gasteiger partial charge in [0.05, 0.1) is 12.6 Å². The van der Waals surface area contributed by atoms with Crippen LogP contribution in [0, 0.1) is 0 Å². The summed E-state index contributed by atoms with van der Waals surface area (Å²) in [6.45, 7) is 7.13. The van der Waals surface area contributed by atoms with Crippen LogP contribution in [0.15, 0.2) is 35.1 Å². The lowest BCUT2D eigenvalue weighted by atomic mass is 10.0. The smallest absolute Gasteiger partial charge is 0.410 e. The van der Waals surface area contributed by atoms with Crippen molar-refractivity contribution in [3.05, 3.63) is 52.1 Å². The highest BCUT2D eigenvalue weighted by Gasteiger charge is 2.33. The molecule has 5 rings (SSSR count). The Balaban J connectivity index is 1.35. The normalized spacial score (nSPS) is 17.9. The van der Waals surface area contributed by atoms with Crippen LogP contribution < -0.4 is 10.5 Å². The van der Waals surface area contributed by atoms with Crippen LogP contribution in [0.4, 0.5) is 9.93 Å². The fourth-order valence-electron chi connectivity index (χ4n) is 4.77. The van der Waals surface area contributed by atoms with Gasteiger partial charge in [0.15, 0.2) is 21.3 Å². The fraction of sp³-hybridized carbons (Fsp3) is 0.500. The maximum atomic E-state index is 13.2. The van der Waals surface area contributed by atoms with Crippen LogP contribution in [0.25, 0.3) is 10.3 Å². The summed E-state index contributed by atoms with van der Waals surface area (Å²) in [7, 11) is 0. The molecule has 1 aromatic carbocycles. The molecule has 0 aliphatic carbocycles. The number of hydrogen-bond donors (Lipinski definition) is 0. The van der Waals surface area contributed by atoms with Gasteiger partial charge in [-0.05, 0) is 45.6 Å². The van der Waals surface area contributed by atoms with Gasteiger partial charge in [-0.2, -0.15) is 0 Å². The molecule has 2 aliphatic rings. The number of carbonyl (C=O) groups excluding carboxylic acids is 2. The summed E-state index contributed by atoms with van der Waals surface area (Å²) in [6, 6.07) is 9.80. The Labute approximate surface area is 213 Å². The minimum Gasteiger partial charge on any atom is -0.444 e. The molecular weight excluding hydrogens is 478 g/mol. The highest BCUT2D eigenvalue weighted by molar-refractivity contribution is 7.21. The molecule has 1 saturated heterocycles. The predicted octanol–water partition coefficient (Wildman–Crippen LogP) is 3.77. The zero-order valence-electron chi connectivity index (χ0n) is 20.9. The lowest BCUT2D eigenvalue weighted by molar-refractivity contribution is -0.120. The van der Waals surface area contributed by atoms with Crippen molar-refractivity contribution in [2.24, 2.45) is 0 Å². The number of aromatic nitrogens is 3. The van der Waals surface area contributed by atoms with Crippen LogP contribution in [-0.2, 0) is 29.0 Å². The standard InChI is InChI=1S/C26H31N5O4S/c1-26(2,3)35-25(34)29-14-15-31-20(16-29)27-22-21(23(31)33)28-24(36-22)30-13-7-10-18(30)19(32)12-11-17-8-5-4-6-9-17/h4-6,8-9,18H,7,10-16H2,1-3H3/t18-/m1/s1. The van der Waals surface area contributed by atoms with Crippen LogP contribution >= 0.6 is 11.3 Å².